The lowest BCUT2D eigenvalue weighted by Crippen LogP contribution is -2.07. The van der Waals surface area contributed by atoms with Gasteiger partial charge in [0.15, 0.2) is 16.8 Å². The van der Waals surface area contributed by atoms with Crippen LogP contribution in [0.3, 0.4) is 0 Å². The highest BCUT2D eigenvalue weighted by molar-refractivity contribution is 7.22. The molecule has 0 fully saturated rings. The average molecular weight is 389 g/mol. The molecule has 2 aromatic carbocycles. The van der Waals surface area contributed by atoms with Crippen molar-refractivity contribution < 1.29 is 4.74 Å². The van der Waals surface area contributed by atoms with Gasteiger partial charge in [-0.2, -0.15) is 0 Å². The Morgan fingerprint density at radius 2 is 1.96 bits per heavy atom. The normalized spacial score (nSPS) is 11.2. The van der Waals surface area contributed by atoms with Crippen molar-refractivity contribution in [1.82, 2.24) is 24.5 Å². The Kier molecular flexibility index (Phi) is 3.80. The van der Waals surface area contributed by atoms with E-state index in [1.807, 2.05) is 47.0 Å². The number of para-hydroxylation sites is 2. The molecule has 0 bridgehead atoms. The summed E-state index contributed by atoms with van der Waals surface area (Å²) in [7, 11) is 1.64. The molecule has 0 saturated heterocycles. The van der Waals surface area contributed by atoms with Crippen LogP contribution in [-0.4, -0.2) is 31.6 Å². The minimum absolute atomic E-state index is 0.419. The molecule has 28 heavy (non-hydrogen) atoms. The number of imidazole rings is 1. The Morgan fingerprint density at radius 3 is 2.86 bits per heavy atom. The average Bonchev–Trinajstić information content (AvgIpc) is 3.32. The van der Waals surface area contributed by atoms with Gasteiger partial charge in [-0.15, -0.1) is 0 Å². The first-order valence-corrected chi connectivity index (χ1v) is 9.29. The number of nitrogens with one attached hydrogen (secondary N) is 1. The lowest BCUT2D eigenvalue weighted by atomic mass is 10.3. The molecule has 0 aliphatic rings. The molecule has 0 saturated carbocycles. The number of rotatable bonds is 4. The van der Waals surface area contributed by atoms with Gasteiger partial charge in [0.25, 0.3) is 0 Å². The first-order chi connectivity index (χ1) is 13.7. The maximum atomic E-state index is 6.37. The molecule has 0 spiro atoms. The van der Waals surface area contributed by atoms with E-state index in [1.165, 1.54) is 17.7 Å². The molecule has 0 atom stereocenters. The minimum Gasteiger partial charge on any atom is -0.497 e. The van der Waals surface area contributed by atoms with E-state index in [2.05, 4.69) is 25.3 Å². The van der Waals surface area contributed by atoms with Crippen LogP contribution in [0.15, 0.2) is 55.1 Å². The first-order valence-electron chi connectivity index (χ1n) is 8.47. The van der Waals surface area contributed by atoms with Crippen LogP contribution in [0, 0.1) is 0 Å². The maximum absolute atomic E-state index is 6.37. The zero-order valence-corrected chi connectivity index (χ0v) is 15.6. The van der Waals surface area contributed by atoms with Gasteiger partial charge >= 0.3 is 0 Å². The monoisotopic (exact) mass is 389 g/mol. The summed E-state index contributed by atoms with van der Waals surface area (Å²) in [5.74, 6) is 1.85. The third kappa shape index (κ3) is 2.69. The molecule has 3 aromatic heterocycles. The second-order valence-electron chi connectivity index (χ2n) is 6.04. The number of anilines is 3. The van der Waals surface area contributed by atoms with Crippen molar-refractivity contribution in [2.24, 2.45) is 0 Å². The number of benzene rings is 2. The van der Waals surface area contributed by atoms with Crippen LogP contribution in [0.1, 0.15) is 0 Å². The van der Waals surface area contributed by atoms with Gasteiger partial charge in [-0.25, -0.2) is 19.9 Å². The Morgan fingerprint density at radius 1 is 1.07 bits per heavy atom. The first kappa shape index (κ1) is 16.5. The molecular weight excluding hydrogens is 374 g/mol. The summed E-state index contributed by atoms with van der Waals surface area (Å²) in [6.07, 6.45) is 3.18. The van der Waals surface area contributed by atoms with Crippen LogP contribution < -0.4 is 15.8 Å². The highest BCUT2D eigenvalue weighted by Crippen LogP contribution is 2.33. The second-order valence-corrected chi connectivity index (χ2v) is 7.07. The van der Waals surface area contributed by atoms with Gasteiger partial charge < -0.3 is 15.8 Å². The lowest BCUT2D eigenvalue weighted by Gasteiger charge is -2.10. The number of ether oxygens (including phenoxy) is 1. The van der Waals surface area contributed by atoms with E-state index in [4.69, 9.17) is 10.5 Å². The van der Waals surface area contributed by atoms with E-state index >= 15 is 0 Å². The Hall–Kier alpha value is -3.72. The Bertz CT molecular complexity index is 1310. The fraction of sp³-hybridized carbons (Fsp3) is 0.0526. The van der Waals surface area contributed by atoms with Crippen molar-refractivity contribution in [2.75, 3.05) is 18.2 Å². The summed E-state index contributed by atoms with van der Waals surface area (Å²) in [5, 5.41) is 3.90. The SMILES string of the molecule is COc1ccc2nc(Nc3ncnc(-n4cnc5ccccc54)c3N)sc2c1. The van der Waals surface area contributed by atoms with E-state index in [1.54, 1.807) is 13.4 Å². The van der Waals surface area contributed by atoms with E-state index in [0.717, 1.165) is 27.0 Å². The number of fused-ring (bicyclic) bond motifs is 2. The zero-order valence-electron chi connectivity index (χ0n) is 14.8. The summed E-state index contributed by atoms with van der Waals surface area (Å²) >= 11 is 1.50. The van der Waals surface area contributed by atoms with Gasteiger partial charge in [-0.3, -0.25) is 4.57 Å². The topological polar surface area (TPSA) is 104 Å². The van der Waals surface area contributed by atoms with E-state index in [9.17, 15) is 0 Å². The van der Waals surface area contributed by atoms with Crippen molar-refractivity contribution in [3.05, 3.63) is 55.1 Å². The van der Waals surface area contributed by atoms with E-state index in [0.29, 0.717) is 22.5 Å². The molecule has 0 unspecified atom stereocenters. The molecular formula is C19H15N7OS. The number of nitrogens with two attached hydrogens (primary N) is 1. The molecule has 3 N–H and O–H groups in total. The van der Waals surface area contributed by atoms with Crippen LogP contribution >= 0.6 is 11.3 Å². The second kappa shape index (κ2) is 6.46. The number of hydrogen-bond donors (Lipinski definition) is 2. The minimum atomic E-state index is 0.419. The molecule has 3 heterocycles. The van der Waals surface area contributed by atoms with Crippen LogP contribution in [0.25, 0.3) is 27.1 Å². The summed E-state index contributed by atoms with van der Waals surface area (Å²) in [6, 6.07) is 13.6. The van der Waals surface area contributed by atoms with Gasteiger partial charge in [0.05, 0.1) is 28.4 Å². The number of nitrogen functional groups attached to an aromatic ring is 1. The third-order valence-electron chi connectivity index (χ3n) is 4.37. The van der Waals surface area contributed by atoms with Crippen LogP contribution in [-0.2, 0) is 0 Å². The molecule has 9 heteroatoms. The van der Waals surface area contributed by atoms with Gasteiger partial charge in [-0.1, -0.05) is 23.5 Å². The van der Waals surface area contributed by atoms with Crippen molar-refractivity contribution in [3.63, 3.8) is 0 Å². The molecule has 0 aliphatic heterocycles. The number of hydrogen-bond acceptors (Lipinski definition) is 8. The summed E-state index contributed by atoms with van der Waals surface area (Å²) < 4.78 is 8.13. The smallest absolute Gasteiger partial charge is 0.189 e. The summed E-state index contributed by atoms with van der Waals surface area (Å²) in [4.78, 5) is 17.6. The number of aromatic nitrogens is 5. The Labute approximate surface area is 163 Å². The zero-order chi connectivity index (χ0) is 19.1. The Balaban J connectivity index is 1.54. The highest BCUT2D eigenvalue weighted by Gasteiger charge is 2.14. The third-order valence-corrected chi connectivity index (χ3v) is 5.30. The molecule has 8 nitrogen and oxygen atoms in total. The van der Waals surface area contributed by atoms with Crippen LogP contribution in [0.2, 0.25) is 0 Å². The molecule has 0 amide bonds. The fourth-order valence-corrected chi connectivity index (χ4v) is 3.89. The van der Waals surface area contributed by atoms with Crippen LogP contribution in [0.4, 0.5) is 16.6 Å². The lowest BCUT2D eigenvalue weighted by molar-refractivity contribution is 0.415. The molecule has 5 aromatic rings. The summed E-state index contributed by atoms with van der Waals surface area (Å²) in [6.45, 7) is 0. The number of methoxy groups -OCH3 is 1. The maximum Gasteiger partial charge on any atom is 0.189 e. The summed E-state index contributed by atoms with van der Waals surface area (Å²) in [5.41, 5.74) is 9.46. The molecule has 0 radical (unpaired) electrons. The largest absolute Gasteiger partial charge is 0.497 e. The quantitative estimate of drug-likeness (QED) is 0.482. The molecule has 138 valence electrons. The number of thiazole rings is 1. The van der Waals surface area contributed by atoms with Gasteiger partial charge in [-0.05, 0) is 30.3 Å². The predicted octanol–water partition coefficient (Wildman–Crippen LogP) is 3.76. The van der Waals surface area contributed by atoms with Crippen molar-refractivity contribution in [3.8, 4) is 11.6 Å². The van der Waals surface area contributed by atoms with Crippen LogP contribution in [0.5, 0.6) is 5.75 Å². The van der Waals surface area contributed by atoms with Gasteiger partial charge in [0.2, 0.25) is 0 Å². The highest BCUT2D eigenvalue weighted by atomic mass is 32.1. The van der Waals surface area contributed by atoms with E-state index in [-0.39, 0.29) is 0 Å². The van der Waals surface area contributed by atoms with Crippen molar-refractivity contribution in [1.29, 1.82) is 0 Å². The van der Waals surface area contributed by atoms with Gasteiger partial charge in [0, 0.05) is 0 Å². The predicted molar refractivity (Wildman–Crippen MR) is 111 cm³/mol. The number of nitrogens with zero attached hydrogens (tertiary/aromatic N) is 5. The van der Waals surface area contributed by atoms with Gasteiger partial charge in [0.1, 0.15) is 24.1 Å². The molecule has 0 aliphatic carbocycles. The van der Waals surface area contributed by atoms with E-state index < -0.39 is 0 Å². The molecule has 5 rings (SSSR count). The fourth-order valence-electron chi connectivity index (χ4n) is 2.99. The standard InChI is InChI=1S/C19H15N7OS/c1-27-11-6-7-13-15(8-11)28-19(24-13)25-17-16(20)18(22-9-21-17)26-10-23-12-4-2-3-5-14(12)26/h2-10H,20H2,1H3,(H,21,22,24,25). The van der Waals surface area contributed by atoms with Crippen molar-refractivity contribution >= 4 is 49.2 Å². The van der Waals surface area contributed by atoms with Crippen molar-refractivity contribution in [2.45, 2.75) is 0 Å².